The summed E-state index contributed by atoms with van der Waals surface area (Å²) in [6, 6.07) is 2.79. The number of nitrogens with zero attached hydrogens (tertiary/aromatic N) is 3. The Hall–Kier alpha value is -3.69. The van der Waals surface area contributed by atoms with Crippen LogP contribution in [0.2, 0.25) is 0 Å². The molecular weight excluding hydrogens is 342 g/mol. The summed E-state index contributed by atoms with van der Waals surface area (Å²) in [7, 11) is 2.81. The second kappa shape index (κ2) is 6.31. The quantitative estimate of drug-likeness (QED) is 0.601. The first-order valence-electron chi connectivity index (χ1n) is 7.52. The van der Waals surface area contributed by atoms with Gasteiger partial charge in [0, 0.05) is 20.3 Å². The van der Waals surface area contributed by atoms with E-state index >= 15 is 0 Å². The number of hydrazine groups is 1. The molecule has 0 radical (unpaired) electrons. The summed E-state index contributed by atoms with van der Waals surface area (Å²) in [5.74, 6) is -0.796. The van der Waals surface area contributed by atoms with Crippen LogP contribution in [0.25, 0.3) is 11.0 Å². The zero-order valence-electron chi connectivity index (χ0n) is 14.2. The maximum atomic E-state index is 12.2. The topological polar surface area (TPSA) is 128 Å². The van der Waals surface area contributed by atoms with Crippen molar-refractivity contribution in [2.45, 2.75) is 6.92 Å². The van der Waals surface area contributed by atoms with E-state index in [1.54, 1.807) is 6.92 Å². The van der Waals surface area contributed by atoms with Crippen LogP contribution in [0.1, 0.15) is 26.5 Å². The zero-order valence-corrected chi connectivity index (χ0v) is 14.2. The molecule has 26 heavy (non-hydrogen) atoms. The van der Waals surface area contributed by atoms with Gasteiger partial charge in [-0.15, -0.1) is 0 Å². The highest BCUT2D eigenvalue weighted by Gasteiger charge is 2.15. The van der Waals surface area contributed by atoms with Gasteiger partial charge in [-0.1, -0.05) is 0 Å². The number of fused-ring (bicyclic) bond motifs is 1. The molecule has 2 N–H and O–H groups in total. The van der Waals surface area contributed by atoms with Gasteiger partial charge in [0.15, 0.2) is 0 Å². The Morgan fingerprint density at radius 2 is 1.81 bits per heavy atom. The Bertz CT molecular complexity index is 1150. The fraction of sp³-hybridized carbons (Fsp3) is 0.188. The number of pyridine rings is 1. The third-order valence-electron chi connectivity index (χ3n) is 3.95. The van der Waals surface area contributed by atoms with Gasteiger partial charge in [0.1, 0.15) is 11.4 Å². The van der Waals surface area contributed by atoms with Crippen molar-refractivity contribution in [3.63, 3.8) is 0 Å². The predicted molar refractivity (Wildman–Crippen MR) is 90.6 cm³/mol. The monoisotopic (exact) mass is 357 g/mol. The van der Waals surface area contributed by atoms with Crippen LogP contribution in [-0.2, 0) is 14.1 Å². The van der Waals surface area contributed by atoms with Crippen molar-refractivity contribution in [3.05, 3.63) is 62.3 Å². The fourth-order valence-corrected chi connectivity index (χ4v) is 2.46. The van der Waals surface area contributed by atoms with Gasteiger partial charge >= 0.3 is 5.69 Å². The Morgan fingerprint density at radius 3 is 2.46 bits per heavy atom. The van der Waals surface area contributed by atoms with E-state index in [1.165, 1.54) is 43.3 Å². The fourth-order valence-electron chi connectivity index (χ4n) is 2.46. The minimum atomic E-state index is -0.662. The second-order valence-corrected chi connectivity index (χ2v) is 5.60. The number of rotatable bonds is 2. The lowest BCUT2D eigenvalue weighted by molar-refractivity contribution is 0.0845. The average Bonchev–Trinajstić information content (AvgIpc) is 3.07. The Kier molecular flexibility index (Phi) is 4.16. The van der Waals surface area contributed by atoms with Crippen LogP contribution in [0.3, 0.4) is 0 Å². The third kappa shape index (κ3) is 2.77. The molecule has 0 fully saturated rings. The largest absolute Gasteiger partial charge is 0.469 e. The van der Waals surface area contributed by atoms with Gasteiger partial charge in [0.05, 0.1) is 22.8 Å². The molecule has 0 atom stereocenters. The summed E-state index contributed by atoms with van der Waals surface area (Å²) >= 11 is 0. The summed E-state index contributed by atoms with van der Waals surface area (Å²) in [5.41, 5.74) is 3.91. The maximum absolute atomic E-state index is 12.2. The highest BCUT2D eigenvalue weighted by molar-refractivity contribution is 6.00. The van der Waals surface area contributed by atoms with Crippen LogP contribution in [0.5, 0.6) is 0 Å². The normalized spacial score (nSPS) is 10.7. The van der Waals surface area contributed by atoms with Gasteiger partial charge in [-0.25, -0.2) is 9.78 Å². The van der Waals surface area contributed by atoms with E-state index in [2.05, 4.69) is 15.8 Å². The highest BCUT2D eigenvalue weighted by atomic mass is 16.3. The maximum Gasteiger partial charge on any atom is 0.332 e. The first-order valence-corrected chi connectivity index (χ1v) is 7.52. The predicted octanol–water partition coefficient (Wildman–Crippen LogP) is -0.392. The van der Waals surface area contributed by atoms with E-state index in [4.69, 9.17) is 4.42 Å². The number of aryl methyl sites for hydroxylation is 2. The number of carbonyl (C=O) groups is 2. The summed E-state index contributed by atoms with van der Waals surface area (Å²) in [5, 5.41) is 0.110. The standard InChI is InChI=1S/C16H15N5O5/c1-8-10(4-5-26-8)14(23)19-18-13(22)9-6-11-12(17-7-9)20(2)16(25)21(3)15(11)24/h4-7H,1-3H3,(H,18,22)(H,19,23). The van der Waals surface area contributed by atoms with Crippen molar-refractivity contribution in [3.8, 4) is 0 Å². The molecule has 0 saturated heterocycles. The number of aromatic nitrogens is 3. The molecule has 3 heterocycles. The molecule has 0 aliphatic carbocycles. The molecule has 10 heteroatoms. The number of hydrogen-bond acceptors (Lipinski definition) is 6. The van der Waals surface area contributed by atoms with E-state index in [0.717, 1.165) is 4.57 Å². The van der Waals surface area contributed by atoms with Crippen molar-refractivity contribution in [1.29, 1.82) is 0 Å². The van der Waals surface area contributed by atoms with Crippen molar-refractivity contribution in [2.24, 2.45) is 14.1 Å². The molecule has 3 aromatic rings. The van der Waals surface area contributed by atoms with Gasteiger partial charge in [-0.05, 0) is 19.1 Å². The van der Waals surface area contributed by atoms with E-state index in [-0.39, 0.29) is 22.2 Å². The smallest absolute Gasteiger partial charge is 0.332 e. The minimum Gasteiger partial charge on any atom is -0.469 e. The van der Waals surface area contributed by atoms with E-state index in [9.17, 15) is 19.2 Å². The Labute approximate surface area is 146 Å². The molecule has 0 spiro atoms. The molecule has 0 bridgehead atoms. The van der Waals surface area contributed by atoms with Crippen LogP contribution >= 0.6 is 0 Å². The second-order valence-electron chi connectivity index (χ2n) is 5.60. The van der Waals surface area contributed by atoms with Crippen molar-refractivity contribution in [2.75, 3.05) is 0 Å². The van der Waals surface area contributed by atoms with Crippen LogP contribution < -0.4 is 22.1 Å². The van der Waals surface area contributed by atoms with E-state index in [0.29, 0.717) is 5.76 Å². The lowest BCUT2D eigenvalue weighted by Crippen LogP contribution is -2.42. The molecule has 0 aliphatic rings. The molecule has 3 aromatic heterocycles. The zero-order chi connectivity index (χ0) is 19.0. The van der Waals surface area contributed by atoms with Gasteiger partial charge in [0.25, 0.3) is 17.4 Å². The minimum absolute atomic E-state index is 0.0532. The number of amides is 2. The number of hydrogen-bond donors (Lipinski definition) is 2. The SMILES string of the molecule is Cc1occc1C(=O)NNC(=O)c1cnc2c(c1)c(=O)n(C)c(=O)n2C. The Balaban J connectivity index is 1.87. The van der Waals surface area contributed by atoms with Crippen LogP contribution in [0.4, 0.5) is 0 Å². The summed E-state index contributed by atoms with van der Waals surface area (Å²) in [6.45, 7) is 1.62. The number of nitrogens with one attached hydrogen (secondary N) is 2. The van der Waals surface area contributed by atoms with Gasteiger partial charge in [-0.3, -0.25) is 34.4 Å². The average molecular weight is 357 g/mol. The van der Waals surface area contributed by atoms with Crippen LogP contribution in [0.15, 0.2) is 38.6 Å². The Morgan fingerprint density at radius 1 is 1.12 bits per heavy atom. The summed E-state index contributed by atoms with van der Waals surface area (Å²) < 4.78 is 7.16. The van der Waals surface area contributed by atoms with Crippen molar-refractivity contribution < 1.29 is 14.0 Å². The summed E-state index contributed by atoms with van der Waals surface area (Å²) in [4.78, 5) is 52.3. The molecule has 134 valence electrons. The van der Waals surface area contributed by atoms with Crippen molar-refractivity contribution in [1.82, 2.24) is 25.0 Å². The first-order chi connectivity index (χ1) is 12.3. The molecule has 0 unspecified atom stereocenters. The summed E-state index contributed by atoms with van der Waals surface area (Å²) in [6.07, 6.45) is 2.57. The lowest BCUT2D eigenvalue weighted by atomic mass is 10.2. The third-order valence-corrected chi connectivity index (χ3v) is 3.95. The number of furan rings is 1. The van der Waals surface area contributed by atoms with E-state index in [1.807, 2.05) is 0 Å². The molecule has 0 saturated carbocycles. The molecule has 10 nitrogen and oxygen atoms in total. The molecule has 3 rings (SSSR count). The number of carbonyl (C=O) groups excluding carboxylic acids is 2. The van der Waals surface area contributed by atoms with Crippen LogP contribution in [-0.4, -0.2) is 25.9 Å². The van der Waals surface area contributed by atoms with E-state index < -0.39 is 23.1 Å². The van der Waals surface area contributed by atoms with Crippen molar-refractivity contribution >= 4 is 22.8 Å². The molecular formula is C16H15N5O5. The van der Waals surface area contributed by atoms with Gasteiger partial charge in [-0.2, -0.15) is 0 Å². The lowest BCUT2D eigenvalue weighted by Gasteiger charge is -2.09. The highest BCUT2D eigenvalue weighted by Crippen LogP contribution is 2.09. The molecule has 0 aromatic carbocycles. The first kappa shape index (κ1) is 17.1. The molecule has 2 amide bonds. The van der Waals surface area contributed by atoms with Gasteiger partial charge < -0.3 is 4.42 Å². The van der Waals surface area contributed by atoms with Gasteiger partial charge in [0.2, 0.25) is 0 Å². The molecule has 0 aliphatic heterocycles. The van der Waals surface area contributed by atoms with Crippen LogP contribution in [0, 0.1) is 6.92 Å².